The quantitative estimate of drug-likeness (QED) is 0.730. The molecule has 0 unspecified atom stereocenters. The molecule has 0 spiro atoms. The van der Waals surface area contributed by atoms with Crippen molar-refractivity contribution in [3.63, 3.8) is 0 Å². The molecule has 1 aliphatic rings. The van der Waals surface area contributed by atoms with E-state index in [2.05, 4.69) is 20.9 Å². The topological polar surface area (TPSA) is 50.3 Å². The van der Waals surface area contributed by atoms with Crippen molar-refractivity contribution < 1.29 is 9.59 Å². The summed E-state index contributed by atoms with van der Waals surface area (Å²) in [5.74, 6) is 0.113. The first kappa shape index (κ1) is 10.3. The molecule has 1 saturated heterocycles. The number of aromatic nitrogens is 1. The lowest BCUT2D eigenvalue weighted by Crippen LogP contribution is -2.30. The van der Waals surface area contributed by atoms with Gasteiger partial charge in [-0.3, -0.25) is 9.59 Å². The number of nitrogens with zero attached hydrogens (tertiary/aromatic N) is 2. The number of halogens is 1. The Labute approximate surface area is 95.4 Å². The van der Waals surface area contributed by atoms with Crippen molar-refractivity contribution in [2.75, 3.05) is 4.90 Å². The van der Waals surface area contributed by atoms with Gasteiger partial charge in [-0.05, 0) is 34.5 Å². The number of amides is 2. The summed E-state index contributed by atoms with van der Waals surface area (Å²) in [5.41, 5.74) is 0.813. The van der Waals surface area contributed by atoms with E-state index in [1.165, 1.54) is 4.90 Å². The van der Waals surface area contributed by atoms with Gasteiger partial charge in [0.05, 0.1) is 0 Å². The Morgan fingerprint density at radius 2 is 1.93 bits per heavy atom. The Kier molecular flexibility index (Phi) is 2.56. The third-order valence-corrected chi connectivity index (χ3v) is 2.71. The first-order valence-electron chi connectivity index (χ1n) is 4.57. The van der Waals surface area contributed by atoms with Gasteiger partial charge in [0.15, 0.2) is 0 Å². The van der Waals surface area contributed by atoms with Crippen LogP contribution in [0, 0.1) is 6.92 Å². The van der Waals surface area contributed by atoms with E-state index in [9.17, 15) is 9.59 Å². The second kappa shape index (κ2) is 3.73. The number of pyridine rings is 1. The average molecular weight is 269 g/mol. The maximum Gasteiger partial charge on any atom is 0.235 e. The van der Waals surface area contributed by atoms with Crippen molar-refractivity contribution in [2.24, 2.45) is 0 Å². The summed E-state index contributed by atoms with van der Waals surface area (Å²) < 4.78 is 0.836. The first-order valence-corrected chi connectivity index (χ1v) is 5.37. The zero-order chi connectivity index (χ0) is 11.0. The normalized spacial score (nSPS) is 16.3. The van der Waals surface area contributed by atoms with Gasteiger partial charge in [0.25, 0.3) is 0 Å². The summed E-state index contributed by atoms with van der Waals surface area (Å²) >= 11 is 3.28. The average Bonchev–Trinajstić information content (AvgIpc) is 2.48. The molecule has 0 radical (unpaired) electrons. The van der Waals surface area contributed by atoms with E-state index in [4.69, 9.17) is 0 Å². The third kappa shape index (κ3) is 1.79. The molecule has 0 N–H and O–H groups in total. The summed E-state index contributed by atoms with van der Waals surface area (Å²) in [7, 11) is 0. The van der Waals surface area contributed by atoms with Gasteiger partial charge in [0, 0.05) is 23.5 Å². The number of aryl methyl sites for hydroxylation is 1. The van der Waals surface area contributed by atoms with Crippen molar-refractivity contribution in [1.82, 2.24) is 4.98 Å². The maximum atomic E-state index is 11.5. The molecule has 0 saturated carbocycles. The van der Waals surface area contributed by atoms with Crippen molar-refractivity contribution >= 4 is 33.6 Å². The smallest absolute Gasteiger partial charge is 0.235 e. The molecule has 2 heterocycles. The van der Waals surface area contributed by atoms with E-state index in [0.29, 0.717) is 5.82 Å². The molecule has 1 aliphatic heterocycles. The maximum absolute atomic E-state index is 11.5. The van der Waals surface area contributed by atoms with E-state index >= 15 is 0 Å². The van der Waals surface area contributed by atoms with Crippen LogP contribution in [-0.2, 0) is 9.59 Å². The molecule has 0 bridgehead atoms. The van der Waals surface area contributed by atoms with Crippen LogP contribution in [0.15, 0.2) is 16.7 Å². The van der Waals surface area contributed by atoms with Crippen molar-refractivity contribution in [1.29, 1.82) is 0 Å². The minimum Gasteiger partial charge on any atom is -0.274 e. The van der Waals surface area contributed by atoms with Crippen LogP contribution < -0.4 is 4.90 Å². The monoisotopic (exact) mass is 268 g/mol. The Morgan fingerprint density at radius 1 is 1.33 bits per heavy atom. The summed E-state index contributed by atoms with van der Waals surface area (Å²) in [4.78, 5) is 28.2. The number of carbonyl (C=O) groups is 2. The minimum atomic E-state index is -0.169. The van der Waals surface area contributed by atoms with Crippen LogP contribution in [0.4, 0.5) is 5.82 Å². The molecular weight excluding hydrogens is 260 g/mol. The molecule has 2 amide bonds. The molecule has 1 fully saturated rings. The Balaban J connectivity index is 2.45. The summed E-state index contributed by atoms with van der Waals surface area (Å²) in [6, 6.07) is 1.83. The molecule has 15 heavy (non-hydrogen) atoms. The van der Waals surface area contributed by atoms with E-state index in [1.807, 2.05) is 13.0 Å². The highest BCUT2D eigenvalue weighted by atomic mass is 79.9. The molecular formula is C10H9BrN2O2. The van der Waals surface area contributed by atoms with Gasteiger partial charge >= 0.3 is 0 Å². The standard InChI is InChI=1S/C10H9BrN2O2/c1-6-4-7(11)5-12-10(6)13-8(14)2-3-9(13)15/h4-5H,2-3H2,1H3. The van der Waals surface area contributed by atoms with Crippen LogP contribution in [0.2, 0.25) is 0 Å². The molecule has 78 valence electrons. The van der Waals surface area contributed by atoms with Crippen LogP contribution >= 0.6 is 15.9 Å². The third-order valence-electron chi connectivity index (χ3n) is 2.28. The number of hydrogen-bond donors (Lipinski definition) is 0. The van der Waals surface area contributed by atoms with E-state index in [-0.39, 0.29) is 24.7 Å². The van der Waals surface area contributed by atoms with Crippen LogP contribution in [0.3, 0.4) is 0 Å². The fourth-order valence-corrected chi connectivity index (χ4v) is 2.03. The number of imide groups is 1. The summed E-state index contributed by atoms with van der Waals surface area (Å²) in [6.45, 7) is 1.83. The van der Waals surface area contributed by atoms with Crippen LogP contribution in [0.5, 0.6) is 0 Å². The molecule has 4 nitrogen and oxygen atoms in total. The number of hydrogen-bond acceptors (Lipinski definition) is 3. The van der Waals surface area contributed by atoms with Gasteiger partial charge in [-0.25, -0.2) is 9.88 Å². The van der Waals surface area contributed by atoms with Crippen LogP contribution in [0.1, 0.15) is 18.4 Å². The van der Waals surface area contributed by atoms with Gasteiger partial charge in [0.1, 0.15) is 5.82 Å². The fraction of sp³-hybridized carbons (Fsp3) is 0.300. The van der Waals surface area contributed by atoms with E-state index < -0.39 is 0 Å². The Morgan fingerprint density at radius 3 is 2.47 bits per heavy atom. The van der Waals surface area contributed by atoms with Gasteiger partial charge in [-0.1, -0.05) is 0 Å². The van der Waals surface area contributed by atoms with Crippen molar-refractivity contribution in [3.8, 4) is 0 Å². The minimum absolute atomic E-state index is 0.169. The number of carbonyl (C=O) groups excluding carboxylic acids is 2. The van der Waals surface area contributed by atoms with Gasteiger partial charge in [0.2, 0.25) is 11.8 Å². The van der Waals surface area contributed by atoms with Gasteiger partial charge < -0.3 is 0 Å². The lowest BCUT2D eigenvalue weighted by atomic mass is 10.3. The highest BCUT2D eigenvalue weighted by Gasteiger charge is 2.32. The molecule has 1 aromatic heterocycles. The van der Waals surface area contributed by atoms with Crippen LogP contribution in [-0.4, -0.2) is 16.8 Å². The Bertz CT molecular complexity index is 429. The molecule has 0 aromatic carbocycles. The summed E-state index contributed by atoms with van der Waals surface area (Å²) in [5, 5.41) is 0. The lowest BCUT2D eigenvalue weighted by Gasteiger charge is -2.14. The predicted octanol–water partition coefficient (Wildman–Crippen LogP) is 1.81. The zero-order valence-corrected chi connectivity index (χ0v) is 9.74. The van der Waals surface area contributed by atoms with Gasteiger partial charge in [-0.15, -0.1) is 0 Å². The van der Waals surface area contributed by atoms with Gasteiger partial charge in [-0.2, -0.15) is 0 Å². The Hall–Kier alpha value is -1.23. The largest absolute Gasteiger partial charge is 0.274 e. The SMILES string of the molecule is Cc1cc(Br)cnc1N1C(=O)CCC1=O. The zero-order valence-electron chi connectivity index (χ0n) is 8.16. The number of anilines is 1. The molecule has 2 rings (SSSR count). The second-order valence-corrected chi connectivity index (χ2v) is 4.33. The fourth-order valence-electron chi connectivity index (χ4n) is 1.58. The molecule has 5 heteroatoms. The molecule has 0 atom stereocenters. The molecule has 0 aliphatic carbocycles. The van der Waals surface area contributed by atoms with E-state index in [1.54, 1.807) is 6.20 Å². The highest BCUT2D eigenvalue weighted by Crippen LogP contribution is 2.25. The summed E-state index contributed by atoms with van der Waals surface area (Å²) in [6.07, 6.45) is 2.16. The van der Waals surface area contributed by atoms with Crippen molar-refractivity contribution in [2.45, 2.75) is 19.8 Å². The molecule has 1 aromatic rings. The highest BCUT2D eigenvalue weighted by molar-refractivity contribution is 9.10. The van der Waals surface area contributed by atoms with Crippen molar-refractivity contribution in [3.05, 3.63) is 22.3 Å². The second-order valence-electron chi connectivity index (χ2n) is 3.42. The lowest BCUT2D eigenvalue weighted by molar-refractivity contribution is -0.121. The van der Waals surface area contributed by atoms with Crippen LogP contribution in [0.25, 0.3) is 0 Å². The van der Waals surface area contributed by atoms with E-state index in [0.717, 1.165) is 10.0 Å². The number of rotatable bonds is 1. The first-order chi connectivity index (χ1) is 7.09. The predicted molar refractivity (Wildman–Crippen MR) is 58.4 cm³/mol.